The standard InChI is InChI=1S/C15H20N6O2/c1-6-7-20-12(22)10-11(19(5)14(20)23)16-13-18-17-9(8-21(10)13)15(2,3)4/h6H,1,7-8H2,2-5H3,(H,16,18). The Bertz CT molecular complexity index is 951. The van der Waals surface area contributed by atoms with E-state index in [0.717, 1.165) is 10.3 Å². The van der Waals surface area contributed by atoms with Gasteiger partial charge in [-0.3, -0.25) is 18.5 Å². The van der Waals surface area contributed by atoms with Crippen molar-refractivity contribution in [2.75, 3.05) is 5.43 Å². The van der Waals surface area contributed by atoms with Crippen LogP contribution in [0.2, 0.25) is 0 Å². The van der Waals surface area contributed by atoms with Crippen LogP contribution in [0, 0.1) is 5.41 Å². The Morgan fingerprint density at radius 3 is 2.65 bits per heavy atom. The van der Waals surface area contributed by atoms with Crippen LogP contribution < -0.4 is 16.7 Å². The van der Waals surface area contributed by atoms with Crippen molar-refractivity contribution in [2.45, 2.75) is 33.9 Å². The second-order valence-electron chi connectivity index (χ2n) is 6.66. The van der Waals surface area contributed by atoms with Gasteiger partial charge in [-0.25, -0.2) is 10.2 Å². The number of hydrogen-bond acceptors (Lipinski definition) is 5. The van der Waals surface area contributed by atoms with E-state index in [1.54, 1.807) is 11.6 Å². The summed E-state index contributed by atoms with van der Waals surface area (Å²) in [5.74, 6) is 0.469. The predicted octanol–water partition coefficient (Wildman–Crippen LogP) is 0.910. The molecular formula is C15H20N6O2. The van der Waals surface area contributed by atoms with Crippen LogP contribution in [0.25, 0.3) is 11.2 Å². The molecule has 0 atom stereocenters. The molecule has 3 heterocycles. The topological polar surface area (TPSA) is 86.2 Å². The Kier molecular flexibility index (Phi) is 3.28. The zero-order valence-electron chi connectivity index (χ0n) is 13.8. The number of fused-ring (bicyclic) bond motifs is 3. The van der Waals surface area contributed by atoms with Gasteiger partial charge in [-0.05, 0) is 0 Å². The highest BCUT2D eigenvalue weighted by Crippen LogP contribution is 2.25. The lowest BCUT2D eigenvalue weighted by Gasteiger charge is -2.25. The molecule has 0 saturated heterocycles. The van der Waals surface area contributed by atoms with E-state index in [1.807, 2.05) is 0 Å². The molecule has 23 heavy (non-hydrogen) atoms. The van der Waals surface area contributed by atoms with Crippen LogP contribution in [-0.4, -0.2) is 24.4 Å². The lowest BCUT2D eigenvalue weighted by atomic mass is 9.90. The third-order valence-corrected chi connectivity index (χ3v) is 4.01. The molecule has 0 saturated carbocycles. The highest BCUT2D eigenvalue weighted by atomic mass is 16.2. The van der Waals surface area contributed by atoms with E-state index in [-0.39, 0.29) is 17.5 Å². The number of allylic oxidation sites excluding steroid dienone is 1. The smallest absolute Gasteiger partial charge is 0.297 e. The molecule has 0 aliphatic carbocycles. The van der Waals surface area contributed by atoms with Crippen LogP contribution in [-0.2, 0) is 20.1 Å². The molecule has 0 spiro atoms. The van der Waals surface area contributed by atoms with Crippen molar-refractivity contribution < 1.29 is 0 Å². The van der Waals surface area contributed by atoms with Gasteiger partial charge in [0.25, 0.3) is 5.56 Å². The van der Waals surface area contributed by atoms with Crippen LogP contribution in [0.3, 0.4) is 0 Å². The maximum Gasteiger partial charge on any atom is 0.332 e. The maximum absolute atomic E-state index is 12.8. The minimum Gasteiger partial charge on any atom is -0.297 e. The number of anilines is 1. The summed E-state index contributed by atoms with van der Waals surface area (Å²) in [6.07, 6.45) is 1.53. The van der Waals surface area contributed by atoms with Gasteiger partial charge in [0.2, 0.25) is 5.95 Å². The lowest BCUT2D eigenvalue weighted by molar-refractivity contribution is 0.562. The SMILES string of the molecule is C=CCn1c(=O)c2c(nc3n2CC(C(C)(C)C)=NN3)n(C)c1=O. The van der Waals surface area contributed by atoms with E-state index in [4.69, 9.17) is 0 Å². The minimum atomic E-state index is -0.408. The molecule has 1 N–H and O–H groups in total. The molecule has 0 unspecified atom stereocenters. The van der Waals surface area contributed by atoms with Crippen molar-refractivity contribution in [1.82, 2.24) is 18.7 Å². The van der Waals surface area contributed by atoms with E-state index in [9.17, 15) is 9.59 Å². The predicted molar refractivity (Wildman–Crippen MR) is 89.9 cm³/mol. The Balaban J connectivity index is 2.31. The number of aromatic nitrogens is 4. The van der Waals surface area contributed by atoms with Crippen LogP contribution in [0.4, 0.5) is 5.95 Å². The first kappa shape index (κ1) is 15.3. The first-order valence-corrected chi connectivity index (χ1v) is 7.39. The van der Waals surface area contributed by atoms with Gasteiger partial charge in [-0.1, -0.05) is 26.8 Å². The summed E-state index contributed by atoms with van der Waals surface area (Å²) in [7, 11) is 1.61. The van der Waals surface area contributed by atoms with E-state index in [2.05, 4.69) is 42.9 Å². The molecule has 1 aliphatic rings. The summed E-state index contributed by atoms with van der Waals surface area (Å²) < 4.78 is 4.32. The fourth-order valence-electron chi connectivity index (χ4n) is 2.61. The summed E-state index contributed by atoms with van der Waals surface area (Å²) in [6.45, 7) is 10.4. The van der Waals surface area contributed by atoms with Crippen molar-refractivity contribution in [3.05, 3.63) is 33.5 Å². The summed E-state index contributed by atoms with van der Waals surface area (Å²) >= 11 is 0. The highest BCUT2D eigenvalue weighted by molar-refractivity contribution is 5.92. The van der Waals surface area contributed by atoms with E-state index in [1.165, 1.54) is 10.6 Å². The summed E-state index contributed by atoms with van der Waals surface area (Å²) in [5, 5.41) is 4.35. The van der Waals surface area contributed by atoms with Crippen LogP contribution >= 0.6 is 0 Å². The van der Waals surface area contributed by atoms with Gasteiger partial charge in [0.15, 0.2) is 11.2 Å². The molecule has 0 amide bonds. The Morgan fingerprint density at radius 1 is 1.35 bits per heavy atom. The van der Waals surface area contributed by atoms with Crippen LogP contribution in [0.5, 0.6) is 0 Å². The lowest BCUT2D eigenvalue weighted by Crippen LogP contribution is -2.40. The molecule has 0 aromatic carbocycles. The molecule has 8 nitrogen and oxygen atoms in total. The Morgan fingerprint density at radius 2 is 2.04 bits per heavy atom. The van der Waals surface area contributed by atoms with Crippen molar-refractivity contribution in [3.63, 3.8) is 0 Å². The largest absolute Gasteiger partial charge is 0.332 e. The molecular weight excluding hydrogens is 296 g/mol. The molecule has 122 valence electrons. The van der Waals surface area contributed by atoms with Gasteiger partial charge in [-0.2, -0.15) is 10.1 Å². The van der Waals surface area contributed by atoms with Gasteiger partial charge in [0, 0.05) is 19.0 Å². The fourth-order valence-corrected chi connectivity index (χ4v) is 2.61. The minimum absolute atomic E-state index is 0.137. The quantitative estimate of drug-likeness (QED) is 0.834. The molecule has 3 rings (SSSR count). The van der Waals surface area contributed by atoms with Crippen molar-refractivity contribution >= 4 is 22.8 Å². The monoisotopic (exact) mass is 316 g/mol. The molecule has 2 aromatic rings. The third-order valence-electron chi connectivity index (χ3n) is 4.01. The molecule has 0 radical (unpaired) electrons. The third kappa shape index (κ3) is 2.21. The number of nitrogens with zero attached hydrogens (tertiary/aromatic N) is 5. The molecule has 2 aromatic heterocycles. The number of hydrazone groups is 1. The van der Waals surface area contributed by atoms with Crippen molar-refractivity contribution in [3.8, 4) is 0 Å². The molecule has 0 bridgehead atoms. The number of nitrogens with one attached hydrogen (secondary N) is 1. The average Bonchev–Trinajstić information content (AvgIpc) is 2.87. The van der Waals surface area contributed by atoms with Gasteiger partial charge in [-0.15, -0.1) is 6.58 Å². The Labute approximate surface area is 132 Å². The molecule has 8 heteroatoms. The van der Waals surface area contributed by atoms with Crippen molar-refractivity contribution in [1.29, 1.82) is 0 Å². The van der Waals surface area contributed by atoms with Gasteiger partial charge in [0.05, 0.1) is 12.3 Å². The van der Waals surface area contributed by atoms with Crippen molar-refractivity contribution in [2.24, 2.45) is 17.6 Å². The summed E-state index contributed by atoms with van der Waals surface area (Å²) in [5.41, 5.74) is 3.64. The van der Waals surface area contributed by atoms with E-state index < -0.39 is 5.69 Å². The maximum atomic E-state index is 12.8. The Hall–Kier alpha value is -2.64. The number of rotatable bonds is 2. The molecule has 1 aliphatic heterocycles. The summed E-state index contributed by atoms with van der Waals surface area (Å²) in [6, 6.07) is 0. The molecule has 0 fully saturated rings. The normalized spacial score (nSPS) is 14.3. The number of hydrogen-bond donors (Lipinski definition) is 1. The van der Waals surface area contributed by atoms with E-state index >= 15 is 0 Å². The zero-order chi connectivity index (χ0) is 16.9. The average molecular weight is 316 g/mol. The second-order valence-corrected chi connectivity index (χ2v) is 6.66. The highest BCUT2D eigenvalue weighted by Gasteiger charge is 2.27. The zero-order valence-corrected chi connectivity index (χ0v) is 13.8. The van der Waals surface area contributed by atoms with Gasteiger partial charge in [0.1, 0.15) is 0 Å². The van der Waals surface area contributed by atoms with E-state index in [0.29, 0.717) is 23.7 Å². The van der Waals surface area contributed by atoms with Crippen LogP contribution in [0.1, 0.15) is 20.8 Å². The second kappa shape index (κ2) is 4.94. The first-order chi connectivity index (χ1) is 10.8. The summed E-state index contributed by atoms with van der Waals surface area (Å²) in [4.78, 5) is 29.4. The number of aryl methyl sites for hydroxylation is 1. The van der Waals surface area contributed by atoms with Gasteiger partial charge >= 0.3 is 5.69 Å². The first-order valence-electron chi connectivity index (χ1n) is 7.39. The number of imidazole rings is 1. The van der Waals surface area contributed by atoms with Gasteiger partial charge < -0.3 is 0 Å². The fraction of sp³-hybridized carbons (Fsp3) is 0.467. The van der Waals surface area contributed by atoms with Crippen LogP contribution in [0.15, 0.2) is 27.3 Å².